The van der Waals surface area contributed by atoms with Crippen molar-refractivity contribution < 1.29 is 14.3 Å². The number of hydrogen-bond donors (Lipinski definition) is 1. The first-order chi connectivity index (χ1) is 10.3. The molecule has 0 heterocycles. The monoisotopic (exact) mass is 346 g/mol. The summed E-state index contributed by atoms with van der Waals surface area (Å²) in [5, 5.41) is 3.52. The fraction of sp³-hybridized carbons (Fsp3) is 0.467. The van der Waals surface area contributed by atoms with Crippen LogP contribution in [0.4, 0.5) is 10.5 Å². The molecule has 2 amide bonds. The average Bonchev–Trinajstić information content (AvgIpc) is 2.43. The van der Waals surface area contributed by atoms with E-state index >= 15 is 0 Å². The van der Waals surface area contributed by atoms with Crippen LogP contribution in [0.25, 0.3) is 0 Å². The Balaban J connectivity index is 2.68. The molecule has 122 valence electrons. The number of nitrogens with one attached hydrogen (secondary N) is 1. The summed E-state index contributed by atoms with van der Waals surface area (Å²) < 4.78 is 4.87. The molecule has 0 radical (unpaired) electrons. The highest BCUT2D eigenvalue weighted by Gasteiger charge is 2.18. The zero-order valence-corrected chi connectivity index (χ0v) is 14.4. The van der Waals surface area contributed by atoms with Gasteiger partial charge in [-0.2, -0.15) is 0 Å². The lowest BCUT2D eigenvalue weighted by Crippen LogP contribution is -2.41. The van der Waals surface area contributed by atoms with Crippen LogP contribution in [-0.4, -0.2) is 36.1 Å². The van der Waals surface area contributed by atoms with E-state index in [9.17, 15) is 9.59 Å². The Morgan fingerprint density at radius 2 is 1.95 bits per heavy atom. The van der Waals surface area contributed by atoms with Gasteiger partial charge in [-0.3, -0.25) is 4.79 Å². The maximum Gasteiger partial charge on any atom is 0.322 e. The molecule has 0 spiro atoms. The number of benzene rings is 1. The standard InChI is InChI=1S/C15H20Cl2N2O3/c1-4-22-14(20)7-8-19(10(2)3)15(21)18-11-5-6-12(16)13(17)9-11/h5-6,9-10H,4,7-8H2,1-3H3,(H,18,21). The van der Waals surface area contributed by atoms with Crippen molar-refractivity contribution in [2.75, 3.05) is 18.5 Å². The van der Waals surface area contributed by atoms with E-state index in [4.69, 9.17) is 27.9 Å². The average molecular weight is 347 g/mol. The molecule has 0 bridgehead atoms. The van der Waals surface area contributed by atoms with Crippen molar-refractivity contribution in [3.8, 4) is 0 Å². The summed E-state index contributed by atoms with van der Waals surface area (Å²) in [5.74, 6) is -0.324. The molecule has 5 nitrogen and oxygen atoms in total. The highest BCUT2D eigenvalue weighted by atomic mass is 35.5. The maximum absolute atomic E-state index is 12.3. The van der Waals surface area contributed by atoms with Crippen LogP contribution in [0.15, 0.2) is 18.2 Å². The fourth-order valence-electron chi connectivity index (χ4n) is 1.81. The number of hydrogen-bond acceptors (Lipinski definition) is 3. The van der Waals surface area contributed by atoms with Gasteiger partial charge < -0.3 is 15.0 Å². The first kappa shape index (κ1) is 18.6. The Labute approximate surface area is 140 Å². The minimum Gasteiger partial charge on any atom is -0.466 e. The molecular formula is C15H20Cl2N2O3. The lowest BCUT2D eigenvalue weighted by molar-refractivity contribution is -0.143. The van der Waals surface area contributed by atoms with Gasteiger partial charge in [0.2, 0.25) is 0 Å². The van der Waals surface area contributed by atoms with Crippen molar-refractivity contribution in [1.29, 1.82) is 0 Å². The molecule has 0 aliphatic heterocycles. The molecule has 0 aliphatic rings. The summed E-state index contributed by atoms with van der Waals surface area (Å²) in [6.07, 6.45) is 0.154. The van der Waals surface area contributed by atoms with Gasteiger partial charge in [0, 0.05) is 18.3 Å². The van der Waals surface area contributed by atoms with Gasteiger partial charge in [-0.15, -0.1) is 0 Å². The third-order valence-electron chi connectivity index (χ3n) is 2.92. The Morgan fingerprint density at radius 1 is 1.27 bits per heavy atom. The molecule has 0 saturated carbocycles. The Hall–Kier alpha value is -1.46. The molecule has 0 aliphatic carbocycles. The van der Waals surface area contributed by atoms with Crippen molar-refractivity contribution in [3.05, 3.63) is 28.2 Å². The van der Waals surface area contributed by atoms with Crippen LogP contribution in [0.2, 0.25) is 10.0 Å². The minimum atomic E-state index is -0.324. The van der Waals surface area contributed by atoms with Gasteiger partial charge in [0.05, 0.1) is 23.1 Å². The summed E-state index contributed by atoms with van der Waals surface area (Å²) in [6.45, 7) is 6.11. The molecule has 0 atom stereocenters. The van der Waals surface area contributed by atoms with Gasteiger partial charge in [0.1, 0.15) is 0 Å². The largest absolute Gasteiger partial charge is 0.466 e. The lowest BCUT2D eigenvalue weighted by Gasteiger charge is -2.26. The number of rotatable bonds is 6. The van der Waals surface area contributed by atoms with Crippen molar-refractivity contribution in [2.24, 2.45) is 0 Å². The number of urea groups is 1. The Kier molecular flexibility index (Phi) is 7.48. The number of carbonyl (C=O) groups is 2. The maximum atomic E-state index is 12.3. The van der Waals surface area contributed by atoms with E-state index in [0.717, 1.165) is 0 Å². The second kappa shape index (κ2) is 8.86. The van der Waals surface area contributed by atoms with E-state index in [0.29, 0.717) is 22.3 Å². The van der Waals surface area contributed by atoms with Gasteiger partial charge in [0.25, 0.3) is 0 Å². The van der Waals surface area contributed by atoms with Crippen molar-refractivity contribution >= 4 is 40.9 Å². The number of nitrogens with zero attached hydrogens (tertiary/aromatic N) is 1. The van der Waals surface area contributed by atoms with Gasteiger partial charge in [-0.1, -0.05) is 23.2 Å². The van der Waals surface area contributed by atoms with Crippen LogP contribution < -0.4 is 5.32 Å². The van der Waals surface area contributed by atoms with E-state index in [-0.39, 0.29) is 31.0 Å². The smallest absolute Gasteiger partial charge is 0.322 e. The predicted octanol–water partition coefficient (Wildman–Crippen LogP) is 4.19. The van der Waals surface area contributed by atoms with Crippen LogP contribution >= 0.6 is 23.2 Å². The van der Waals surface area contributed by atoms with Crippen molar-refractivity contribution in [2.45, 2.75) is 33.2 Å². The first-order valence-electron chi connectivity index (χ1n) is 7.03. The second-order valence-corrected chi connectivity index (χ2v) is 5.72. The summed E-state index contributed by atoms with van der Waals surface area (Å²) in [5.41, 5.74) is 0.543. The predicted molar refractivity (Wildman–Crippen MR) is 88.6 cm³/mol. The molecule has 0 unspecified atom stereocenters. The van der Waals surface area contributed by atoms with E-state index in [1.807, 2.05) is 13.8 Å². The van der Waals surface area contributed by atoms with Crippen molar-refractivity contribution in [1.82, 2.24) is 4.90 Å². The van der Waals surface area contributed by atoms with Crippen molar-refractivity contribution in [3.63, 3.8) is 0 Å². The number of halogens is 2. The zero-order valence-electron chi connectivity index (χ0n) is 12.9. The molecule has 1 N–H and O–H groups in total. The molecular weight excluding hydrogens is 327 g/mol. The molecule has 0 aromatic heterocycles. The third-order valence-corrected chi connectivity index (χ3v) is 3.66. The molecule has 1 aromatic carbocycles. The van der Waals surface area contributed by atoms with Gasteiger partial charge in [0.15, 0.2) is 0 Å². The molecule has 1 rings (SSSR count). The molecule has 0 saturated heterocycles. The van der Waals surface area contributed by atoms with Gasteiger partial charge in [-0.25, -0.2) is 4.79 Å². The SMILES string of the molecule is CCOC(=O)CCN(C(=O)Nc1ccc(Cl)c(Cl)c1)C(C)C. The highest BCUT2D eigenvalue weighted by Crippen LogP contribution is 2.25. The summed E-state index contributed by atoms with van der Waals surface area (Å²) >= 11 is 11.8. The number of amides is 2. The lowest BCUT2D eigenvalue weighted by atomic mass is 10.3. The summed E-state index contributed by atoms with van der Waals surface area (Å²) in [7, 11) is 0. The minimum absolute atomic E-state index is 0.0581. The van der Waals surface area contributed by atoms with Crippen LogP contribution in [0.3, 0.4) is 0 Å². The number of carbonyl (C=O) groups excluding carboxylic acids is 2. The number of ether oxygens (including phenoxy) is 1. The fourth-order valence-corrected chi connectivity index (χ4v) is 2.11. The van der Waals surface area contributed by atoms with E-state index in [1.54, 1.807) is 30.0 Å². The van der Waals surface area contributed by atoms with E-state index in [2.05, 4.69) is 5.32 Å². The topological polar surface area (TPSA) is 58.6 Å². The van der Waals surface area contributed by atoms with Crippen LogP contribution in [0.5, 0.6) is 0 Å². The normalized spacial score (nSPS) is 10.5. The highest BCUT2D eigenvalue weighted by molar-refractivity contribution is 6.42. The molecule has 7 heteroatoms. The van der Waals surface area contributed by atoms with E-state index < -0.39 is 0 Å². The van der Waals surface area contributed by atoms with Crippen LogP contribution in [0, 0.1) is 0 Å². The first-order valence-corrected chi connectivity index (χ1v) is 7.79. The Morgan fingerprint density at radius 3 is 2.50 bits per heavy atom. The van der Waals surface area contributed by atoms with Crippen LogP contribution in [-0.2, 0) is 9.53 Å². The van der Waals surface area contributed by atoms with E-state index in [1.165, 1.54) is 0 Å². The second-order valence-electron chi connectivity index (χ2n) is 4.90. The quantitative estimate of drug-likeness (QED) is 0.785. The third kappa shape index (κ3) is 5.73. The Bertz CT molecular complexity index is 536. The van der Waals surface area contributed by atoms with Crippen LogP contribution in [0.1, 0.15) is 27.2 Å². The van der Waals surface area contributed by atoms with Gasteiger partial charge in [-0.05, 0) is 39.0 Å². The molecule has 1 aromatic rings. The summed E-state index contributed by atoms with van der Waals surface area (Å²) in [4.78, 5) is 25.3. The summed E-state index contributed by atoms with van der Waals surface area (Å²) in [6, 6.07) is 4.48. The number of anilines is 1. The van der Waals surface area contributed by atoms with Gasteiger partial charge >= 0.3 is 12.0 Å². The number of esters is 1. The zero-order chi connectivity index (χ0) is 16.7. The molecule has 22 heavy (non-hydrogen) atoms. The molecule has 0 fully saturated rings.